The minimum Gasteiger partial charge on any atom is -0.286 e. The van der Waals surface area contributed by atoms with Gasteiger partial charge in [-0.25, -0.2) is 0 Å². The number of aromatic nitrogens is 2. The summed E-state index contributed by atoms with van der Waals surface area (Å²) in [5, 5.41) is 2.88. The molecule has 1 aromatic rings. The predicted molar refractivity (Wildman–Crippen MR) is 56.6 cm³/mol. The topological polar surface area (TPSA) is 37.8 Å². The van der Waals surface area contributed by atoms with Crippen molar-refractivity contribution in [3.63, 3.8) is 0 Å². The first-order valence-electron chi connectivity index (χ1n) is 5.50. The second kappa shape index (κ2) is 3.64. The third kappa shape index (κ3) is 1.63. The molecule has 0 bridgehead atoms. The smallest absolute Gasteiger partial charge is 0.264 e. The predicted octanol–water partition coefficient (Wildman–Crippen LogP) is 2.41. The molecule has 14 heavy (non-hydrogen) atoms. The van der Waals surface area contributed by atoms with Crippen molar-refractivity contribution in [2.75, 3.05) is 0 Å². The van der Waals surface area contributed by atoms with Gasteiger partial charge in [-0.15, -0.1) is 0 Å². The zero-order chi connectivity index (χ0) is 10.1. The average molecular weight is 194 g/mol. The zero-order valence-electron chi connectivity index (χ0n) is 8.92. The lowest BCUT2D eigenvalue weighted by Crippen LogP contribution is -2.11. The van der Waals surface area contributed by atoms with E-state index in [9.17, 15) is 4.79 Å². The van der Waals surface area contributed by atoms with Crippen molar-refractivity contribution in [2.24, 2.45) is 0 Å². The van der Waals surface area contributed by atoms with E-state index in [0.29, 0.717) is 12.0 Å². The van der Waals surface area contributed by atoms with Gasteiger partial charge in [0.15, 0.2) is 0 Å². The van der Waals surface area contributed by atoms with E-state index in [1.54, 1.807) is 6.07 Å². The molecule has 1 aromatic heterocycles. The van der Waals surface area contributed by atoms with Gasteiger partial charge in [0.1, 0.15) is 0 Å². The van der Waals surface area contributed by atoms with Crippen LogP contribution in [0.25, 0.3) is 0 Å². The normalized spacial score (nSPS) is 18.2. The number of hydrogen-bond acceptors (Lipinski definition) is 1. The summed E-state index contributed by atoms with van der Waals surface area (Å²) in [5.41, 5.74) is 1.25. The van der Waals surface area contributed by atoms with Gasteiger partial charge < -0.3 is 0 Å². The highest BCUT2D eigenvalue weighted by Gasteiger charge is 2.21. The Morgan fingerprint density at radius 2 is 2.07 bits per heavy atom. The number of hydrogen-bond donors (Lipinski definition) is 1. The molecule has 0 atom stereocenters. The highest BCUT2D eigenvalue weighted by molar-refractivity contribution is 5.10. The van der Waals surface area contributed by atoms with Crippen LogP contribution in [0, 0.1) is 0 Å². The average Bonchev–Trinajstić information content (AvgIpc) is 2.70. The molecule has 0 aliphatic heterocycles. The summed E-state index contributed by atoms with van der Waals surface area (Å²) >= 11 is 0. The number of H-pyrrole nitrogens is 1. The molecule has 0 aromatic carbocycles. The first-order chi connectivity index (χ1) is 6.68. The first-order valence-corrected chi connectivity index (χ1v) is 5.50. The van der Waals surface area contributed by atoms with E-state index in [1.807, 2.05) is 4.68 Å². The van der Waals surface area contributed by atoms with Gasteiger partial charge in [0.25, 0.3) is 5.56 Å². The van der Waals surface area contributed by atoms with Gasteiger partial charge in [0, 0.05) is 23.7 Å². The summed E-state index contributed by atoms with van der Waals surface area (Å²) in [6.07, 6.45) is 5.10. The fraction of sp³-hybridized carbons (Fsp3) is 0.727. The van der Waals surface area contributed by atoms with Gasteiger partial charge in [-0.1, -0.05) is 12.8 Å². The minimum absolute atomic E-state index is 0.0422. The van der Waals surface area contributed by atoms with Crippen LogP contribution in [0.1, 0.15) is 57.2 Å². The maximum absolute atomic E-state index is 11.3. The second-order valence-corrected chi connectivity index (χ2v) is 4.49. The largest absolute Gasteiger partial charge is 0.286 e. The van der Waals surface area contributed by atoms with E-state index in [1.165, 1.54) is 31.4 Å². The molecule has 1 saturated carbocycles. The van der Waals surface area contributed by atoms with Crippen LogP contribution >= 0.6 is 0 Å². The molecule has 3 nitrogen and oxygen atoms in total. The van der Waals surface area contributed by atoms with Crippen molar-refractivity contribution in [1.82, 2.24) is 9.78 Å². The Morgan fingerprint density at radius 1 is 1.43 bits per heavy atom. The molecule has 1 aliphatic carbocycles. The molecular weight excluding hydrogens is 176 g/mol. The third-order valence-corrected chi connectivity index (χ3v) is 3.08. The Hall–Kier alpha value is -0.990. The maximum atomic E-state index is 11.3. The van der Waals surface area contributed by atoms with Crippen LogP contribution in [-0.2, 0) is 0 Å². The van der Waals surface area contributed by atoms with Crippen molar-refractivity contribution >= 4 is 0 Å². The van der Waals surface area contributed by atoms with Crippen LogP contribution in [0.15, 0.2) is 10.9 Å². The quantitative estimate of drug-likeness (QED) is 0.771. The van der Waals surface area contributed by atoms with E-state index < -0.39 is 0 Å². The highest BCUT2D eigenvalue weighted by Crippen LogP contribution is 2.33. The minimum atomic E-state index is 0.0422. The van der Waals surface area contributed by atoms with Crippen LogP contribution in [0.3, 0.4) is 0 Å². The molecular formula is C11H18N2O. The SMILES string of the molecule is CC(C)n1[nH]c(=O)cc1C1CCCC1. The lowest BCUT2D eigenvalue weighted by molar-refractivity contribution is 0.483. The van der Waals surface area contributed by atoms with E-state index in [4.69, 9.17) is 0 Å². The highest BCUT2D eigenvalue weighted by atomic mass is 16.1. The van der Waals surface area contributed by atoms with Crippen LogP contribution in [0.2, 0.25) is 0 Å². The molecule has 0 spiro atoms. The van der Waals surface area contributed by atoms with Crippen molar-refractivity contribution in [3.8, 4) is 0 Å². The Kier molecular flexibility index (Phi) is 2.48. The van der Waals surface area contributed by atoms with E-state index >= 15 is 0 Å². The monoisotopic (exact) mass is 194 g/mol. The summed E-state index contributed by atoms with van der Waals surface area (Å²) in [5.74, 6) is 0.608. The maximum Gasteiger partial charge on any atom is 0.264 e. The van der Waals surface area contributed by atoms with Crippen molar-refractivity contribution in [3.05, 3.63) is 22.1 Å². The number of rotatable bonds is 2. The molecule has 0 saturated heterocycles. The molecule has 0 amide bonds. The van der Waals surface area contributed by atoms with Gasteiger partial charge in [-0.2, -0.15) is 0 Å². The van der Waals surface area contributed by atoms with Crippen LogP contribution in [-0.4, -0.2) is 9.78 Å². The molecule has 1 N–H and O–H groups in total. The fourth-order valence-electron chi connectivity index (χ4n) is 2.38. The van der Waals surface area contributed by atoms with Gasteiger partial charge in [-0.05, 0) is 26.7 Å². The molecule has 78 valence electrons. The van der Waals surface area contributed by atoms with Gasteiger partial charge in [0.2, 0.25) is 0 Å². The van der Waals surface area contributed by atoms with Crippen LogP contribution in [0.4, 0.5) is 0 Å². The van der Waals surface area contributed by atoms with Crippen LogP contribution in [0.5, 0.6) is 0 Å². The van der Waals surface area contributed by atoms with Crippen molar-refractivity contribution in [1.29, 1.82) is 0 Å². The Morgan fingerprint density at radius 3 is 2.64 bits per heavy atom. The lowest BCUT2D eigenvalue weighted by atomic mass is 10.0. The summed E-state index contributed by atoms with van der Waals surface area (Å²) < 4.78 is 2.03. The van der Waals surface area contributed by atoms with Crippen LogP contribution < -0.4 is 5.56 Å². The summed E-state index contributed by atoms with van der Waals surface area (Å²) in [4.78, 5) is 11.3. The number of nitrogens with one attached hydrogen (secondary N) is 1. The fourth-order valence-corrected chi connectivity index (χ4v) is 2.38. The standard InChI is InChI=1S/C11H18N2O/c1-8(2)13-10(7-11(14)12-13)9-5-3-4-6-9/h7-9H,3-6H2,1-2H3,(H,12,14). The summed E-state index contributed by atoms with van der Waals surface area (Å²) in [6, 6.07) is 2.13. The van der Waals surface area contributed by atoms with Gasteiger partial charge in [-0.3, -0.25) is 14.6 Å². The summed E-state index contributed by atoms with van der Waals surface area (Å²) in [7, 11) is 0. The number of aromatic amines is 1. The second-order valence-electron chi connectivity index (χ2n) is 4.49. The first kappa shape index (κ1) is 9.56. The Bertz CT molecular complexity index is 356. The van der Waals surface area contributed by atoms with E-state index in [0.717, 1.165) is 0 Å². The number of nitrogens with zero attached hydrogens (tertiary/aromatic N) is 1. The zero-order valence-corrected chi connectivity index (χ0v) is 8.92. The van der Waals surface area contributed by atoms with E-state index in [2.05, 4.69) is 18.9 Å². The van der Waals surface area contributed by atoms with Crippen molar-refractivity contribution < 1.29 is 0 Å². The Labute approximate surface area is 84.1 Å². The van der Waals surface area contributed by atoms with Gasteiger partial charge >= 0.3 is 0 Å². The van der Waals surface area contributed by atoms with E-state index in [-0.39, 0.29) is 5.56 Å². The molecule has 1 heterocycles. The molecule has 0 unspecified atom stereocenters. The third-order valence-electron chi connectivity index (χ3n) is 3.08. The summed E-state index contributed by atoms with van der Waals surface area (Å²) in [6.45, 7) is 4.21. The molecule has 1 aliphatic rings. The molecule has 3 heteroatoms. The molecule has 1 fully saturated rings. The molecule has 2 rings (SSSR count). The van der Waals surface area contributed by atoms with Gasteiger partial charge in [0.05, 0.1) is 0 Å². The Balaban J connectivity index is 2.35. The van der Waals surface area contributed by atoms with Crippen molar-refractivity contribution in [2.45, 2.75) is 51.5 Å². The lowest BCUT2D eigenvalue weighted by Gasteiger charge is -2.16. The molecule has 0 radical (unpaired) electrons.